The molecule has 2 atom stereocenters. The zero-order chi connectivity index (χ0) is 17.1. The van der Waals surface area contributed by atoms with Crippen molar-refractivity contribution in [2.24, 2.45) is 5.92 Å². The predicted molar refractivity (Wildman–Crippen MR) is 81.9 cm³/mol. The fraction of sp³-hybridized carbons (Fsp3) is 0.529. The number of esters is 2. The smallest absolute Gasteiger partial charge is 0.316 e. The van der Waals surface area contributed by atoms with E-state index in [0.29, 0.717) is 17.6 Å². The number of fused-ring (bicyclic) bond motifs is 1. The number of rotatable bonds is 5. The maximum absolute atomic E-state index is 12.0. The quantitative estimate of drug-likeness (QED) is 0.616. The van der Waals surface area contributed by atoms with E-state index in [9.17, 15) is 14.7 Å². The van der Waals surface area contributed by atoms with Crippen molar-refractivity contribution in [3.05, 3.63) is 34.3 Å². The van der Waals surface area contributed by atoms with Crippen LogP contribution in [0.5, 0.6) is 0 Å². The monoisotopic (exact) mass is 322 g/mol. The van der Waals surface area contributed by atoms with Crippen LogP contribution in [-0.4, -0.2) is 36.9 Å². The van der Waals surface area contributed by atoms with E-state index in [1.54, 1.807) is 6.92 Å². The highest BCUT2D eigenvalue weighted by Gasteiger charge is 2.46. The van der Waals surface area contributed by atoms with E-state index in [1.807, 2.05) is 19.9 Å². The van der Waals surface area contributed by atoms with Crippen LogP contribution >= 0.6 is 0 Å². The highest BCUT2D eigenvalue weighted by atomic mass is 16.6. The minimum atomic E-state index is -1.27. The SMILES string of the molecule is CC=C(C)CCC(=O)OC1=C(OC)C(C)=C2COC(=O)C2C1O. The van der Waals surface area contributed by atoms with Gasteiger partial charge in [-0.3, -0.25) is 9.59 Å². The molecule has 6 nitrogen and oxygen atoms in total. The van der Waals surface area contributed by atoms with E-state index in [2.05, 4.69) is 0 Å². The zero-order valence-corrected chi connectivity index (χ0v) is 13.8. The van der Waals surface area contributed by atoms with Gasteiger partial charge in [0.25, 0.3) is 0 Å². The number of allylic oxidation sites excluding steroid dienone is 3. The summed E-state index contributed by atoms with van der Waals surface area (Å²) < 4.78 is 15.6. The third kappa shape index (κ3) is 3.32. The Kier molecular flexibility index (Phi) is 5.26. The van der Waals surface area contributed by atoms with Gasteiger partial charge in [-0.2, -0.15) is 0 Å². The molecule has 1 N–H and O–H groups in total. The maximum Gasteiger partial charge on any atom is 0.316 e. The van der Waals surface area contributed by atoms with Crippen LogP contribution in [0.4, 0.5) is 0 Å². The summed E-state index contributed by atoms with van der Waals surface area (Å²) in [6.07, 6.45) is 1.42. The molecule has 2 aliphatic rings. The van der Waals surface area contributed by atoms with E-state index in [-0.39, 0.29) is 24.5 Å². The number of cyclic esters (lactones) is 1. The van der Waals surface area contributed by atoms with E-state index < -0.39 is 24.0 Å². The molecule has 1 aliphatic carbocycles. The number of hydrogen-bond acceptors (Lipinski definition) is 6. The fourth-order valence-corrected chi connectivity index (χ4v) is 2.73. The van der Waals surface area contributed by atoms with Crippen molar-refractivity contribution in [1.29, 1.82) is 0 Å². The standard InChI is InChI=1S/C17H22O6/c1-5-9(2)6-7-12(18)23-16-14(19)13-11(8-22-17(13)20)10(3)15(16)21-4/h5,13-14,19H,6-8H2,1-4H3. The van der Waals surface area contributed by atoms with Crippen LogP contribution in [0.15, 0.2) is 34.3 Å². The van der Waals surface area contributed by atoms with Gasteiger partial charge in [-0.15, -0.1) is 0 Å². The van der Waals surface area contributed by atoms with E-state index >= 15 is 0 Å². The Hall–Kier alpha value is -2.08. The molecule has 0 radical (unpaired) electrons. The molecular weight excluding hydrogens is 300 g/mol. The van der Waals surface area contributed by atoms with Gasteiger partial charge in [0.1, 0.15) is 18.6 Å². The van der Waals surface area contributed by atoms with Crippen molar-refractivity contribution in [3.63, 3.8) is 0 Å². The molecule has 1 fully saturated rings. The van der Waals surface area contributed by atoms with Crippen molar-refractivity contribution in [1.82, 2.24) is 0 Å². The van der Waals surface area contributed by atoms with Crippen LogP contribution in [-0.2, 0) is 23.8 Å². The molecule has 126 valence electrons. The van der Waals surface area contributed by atoms with Gasteiger partial charge in [0, 0.05) is 6.42 Å². The molecule has 2 rings (SSSR count). The average Bonchev–Trinajstić information content (AvgIpc) is 2.92. The Labute approximate surface area is 135 Å². The summed E-state index contributed by atoms with van der Waals surface area (Å²) in [5.74, 6) is -1.54. The molecule has 0 aromatic carbocycles. The molecule has 6 heteroatoms. The maximum atomic E-state index is 12.0. The van der Waals surface area contributed by atoms with Crippen molar-refractivity contribution in [2.45, 2.75) is 39.7 Å². The summed E-state index contributed by atoms with van der Waals surface area (Å²) in [4.78, 5) is 23.9. The number of aliphatic hydroxyl groups excluding tert-OH is 1. The molecular formula is C17H22O6. The summed E-state index contributed by atoms with van der Waals surface area (Å²) >= 11 is 0. The molecule has 0 bridgehead atoms. The van der Waals surface area contributed by atoms with Crippen molar-refractivity contribution in [3.8, 4) is 0 Å². The van der Waals surface area contributed by atoms with E-state index in [4.69, 9.17) is 14.2 Å². The first-order valence-corrected chi connectivity index (χ1v) is 7.56. The first-order chi connectivity index (χ1) is 10.9. The molecule has 1 saturated heterocycles. The lowest BCUT2D eigenvalue weighted by Gasteiger charge is -2.27. The normalized spacial score (nSPS) is 24.6. The lowest BCUT2D eigenvalue weighted by molar-refractivity contribution is -0.148. The van der Waals surface area contributed by atoms with Gasteiger partial charge in [0.15, 0.2) is 11.5 Å². The van der Waals surface area contributed by atoms with Crippen LogP contribution in [0.25, 0.3) is 0 Å². The fourth-order valence-electron chi connectivity index (χ4n) is 2.73. The molecule has 0 saturated carbocycles. The highest BCUT2D eigenvalue weighted by Crippen LogP contribution is 2.39. The second-order valence-electron chi connectivity index (χ2n) is 5.69. The lowest BCUT2D eigenvalue weighted by atomic mass is 9.85. The molecule has 23 heavy (non-hydrogen) atoms. The van der Waals surface area contributed by atoms with E-state index in [1.165, 1.54) is 7.11 Å². The zero-order valence-electron chi connectivity index (χ0n) is 13.8. The van der Waals surface area contributed by atoms with Crippen molar-refractivity contribution >= 4 is 11.9 Å². The number of carbonyl (C=O) groups is 2. The largest absolute Gasteiger partial charge is 0.493 e. The molecule has 1 heterocycles. The third-order valence-electron chi connectivity index (χ3n) is 4.27. The third-order valence-corrected chi connectivity index (χ3v) is 4.27. The Morgan fingerprint density at radius 1 is 1.43 bits per heavy atom. The highest BCUT2D eigenvalue weighted by molar-refractivity contribution is 5.82. The molecule has 2 unspecified atom stereocenters. The van der Waals surface area contributed by atoms with Gasteiger partial charge in [-0.25, -0.2) is 0 Å². The van der Waals surface area contributed by atoms with Gasteiger partial charge in [-0.05, 0) is 38.3 Å². The predicted octanol–water partition coefficient (Wildman–Crippen LogP) is 2.00. The van der Waals surface area contributed by atoms with Crippen LogP contribution < -0.4 is 0 Å². The summed E-state index contributed by atoms with van der Waals surface area (Å²) in [6, 6.07) is 0. The second kappa shape index (κ2) is 7.00. The number of carbonyl (C=O) groups excluding carboxylic acids is 2. The Balaban J connectivity index is 2.23. The Morgan fingerprint density at radius 2 is 2.13 bits per heavy atom. The molecule has 0 spiro atoms. The summed E-state index contributed by atoms with van der Waals surface area (Å²) in [6.45, 7) is 5.71. The molecule has 1 aliphatic heterocycles. The minimum Gasteiger partial charge on any atom is -0.493 e. The van der Waals surface area contributed by atoms with Crippen molar-refractivity contribution in [2.75, 3.05) is 13.7 Å². The molecule has 0 amide bonds. The molecule has 0 aromatic rings. The van der Waals surface area contributed by atoms with Gasteiger partial charge < -0.3 is 19.3 Å². The first-order valence-electron chi connectivity index (χ1n) is 7.56. The minimum absolute atomic E-state index is 0.0132. The van der Waals surface area contributed by atoms with Crippen LogP contribution in [0.3, 0.4) is 0 Å². The summed E-state index contributed by atoms with van der Waals surface area (Å²) in [5.41, 5.74) is 2.41. The summed E-state index contributed by atoms with van der Waals surface area (Å²) in [7, 11) is 1.43. The first kappa shape index (κ1) is 17.3. The Bertz CT molecular complexity index is 611. The Morgan fingerprint density at radius 3 is 2.74 bits per heavy atom. The van der Waals surface area contributed by atoms with Crippen molar-refractivity contribution < 1.29 is 28.9 Å². The second-order valence-corrected chi connectivity index (χ2v) is 5.69. The number of hydrogen-bond donors (Lipinski definition) is 1. The number of ether oxygens (including phenoxy) is 3. The van der Waals surface area contributed by atoms with Gasteiger partial charge >= 0.3 is 11.9 Å². The lowest BCUT2D eigenvalue weighted by Crippen LogP contribution is -2.34. The van der Waals surface area contributed by atoms with Gasteiger partial charge in [0.2, 0.25) is 0 Å². The van der Waals surface area contributed by atoms with Crippen LogP contribution in [0.1, 0.15) is 33.6 Å². The molecule has 0 aromatic heterocycles. The van der Waals surface area contributed by atoms with Gasteiger partial charge in [0.05, 0.1) is 7.11 Å². The average molecular weight is 322 g/mol. The van der Waals surface area contributed by atoms with E-state index in [0.717, 1.165) is 5.57 Å². The summed E-state index contributed by atoms with van der Waals surface area (Å²) in [5, 5.41) is 10.4. The number of aliphatic hydroxyl groups is 1. The number of methoxy groups -OCH3 is 1. The van der Waals surface area contributed by atoms with Crippen LogP contribution in [0.2, 0.25) is 0 Å². The van der Waals surface area contributed by atoms with Gasteiger partial charge in [-0.1, -0.05) is 11.6 Å². The topological polar surface area (TPSA) is 82.1 Å². The van der Waals surface area contributed by atoms with Crippen LogP contribution in [0, 0.1) is 5.92 Å².